The monoisotopic (exact) mass is 415 g/mol. The van der Waals surface area contributed by atoms with Crippen molar-refractivity contribution in [1.82, 2.24) is 14.8 Å². The molecule has 0 radical (unpaired) electrons. The number of anilines is 1. The van der Waals surface area contributed by atoms with E-state index in [1.807, 2.05) is 6.07 Å². The van der Waals surface area contributed by atoms with Crippen LogP contribution in [0.2, 0.25) is 0 Å². The van der Waals surface area contributed by atoms with E-state index in [2.05, 4.69) is 27.4 Å². The molecule has 2 N–H and O–H groups in total. The van der Waals surface area contributed by atoms with Crippen LogP contribution in [-0.2, 0) is 0 Å². The van der Waals surface area contributed by atoms with E-state index >= 15 is 0 Å². The SMILES string of the molecule is N#Cc1ccn(-c2ccc(C(=O)Nc3cc(C#CC4CC4)c(F)cc3C(=O)O)nn2)c1. The molecule has 2 heterocycles. The third-order valence-electron chi connectivity index (χ3n) is 4.54. The van der Waals surface area contributed by atoms with E-state index in [9.17, 15) is 19.1 Å². The Balaban J connectivity index is 1.58. The molecule has 2 aromatic heterocycles. The van der Waals surface area contributed by atoms with E-state index in [0.29, 0.717) is 11.4 Å². The van der Waals surface area contributed by atoms with Crippen LogP contribution < -0.4 is 5.32 Å². The van der Waals surface area contributed by atoms with E-state index in [1.54, 1.807) is 23.0 Å². The highest BCUT2D eigenvalue weighted by molar-refractivity contribution is 6.06. The van der Waals surface area contributed by atoms with Gasteiger partial charge in [0.2, 0.25) is 0 Å². The number of nitrogens with one attached hydrogen (secondary N) is 1. The second-order valence-electron chi connectivity index (χ2n) is 6.88. The molecule has 1 aromatic carbocycles. The van der Waals surface area contributed by atoms with Gasteiger partial charge in [0.15, 0.2) is 11.5 Å². The lowest BCUT2D eigenvalue weighted by molar-refractivity contribution is 0.0697. The predicted molar refractivity (Wildman–Crippen MR) is 107 cm³/mol. The first-order valence-electron chi connectivity index (χ1n) is 9.26. The van der Waals surface area contributed by atoms with Crippen LogP contribution in [0.5, 0.6) is 0 Å². The number of halogens is 1. The molecule has 1 aliphatic carbocycles. The molecule has 0 atom stereocenters. The van der Waals surface area contributed by atoms with Gasteiger partial charge >= 0.3 is 5.97 Å². The van der Waals surface area contributed by atoms with Crippen LogP contribution in [0.15, 0.2) is 42.7 Å². The van der Waals surface area contributed by atoms with E-state index in [4.69, 9.17) is 5.26 Å². The van der Waals surface area contributed by atoms with Crippen molar-refractivity contribution >= 4 is 17.6 Å². The molecule has 4 rings (SSSR count). The summed E-state index contributed by atoms with van der Waals surface area (Å²) in [5.41, 5.74) is -0.100. The van der Waals surface area contributed by atoms with Gasteiger partial charge in [0, 0.05) is 18.3 Å². The maximum atomic E-state index is 14.2. The summed E-state index contributed by atoms with van der Waals surface area (Å²) in [6.45, 7) is 0. The minimum absolute atomic E-state index is 0.00883. The van der Waals surface area contributed by atoms with Crippen molar-refractivity contribution in [2.24, 2.45) is 5.92 Å². The number of carboxylic acid groups (broad SMARTS) is 1. The Hall–Kier alpha value is -4.50. The summed E-state index contributed by atoms with van der Waals surface area (Å²) in [6, 6.07) is 8.57. The van der Waals surface area contributed by atoms with E-state index in [0.717, 1.165) is 18.9 Å². The molecule has 0 bridgehead atoms. The molecule has 31 heavy (non-hydrogen) atoms. The van der Waals surface area contributed by atoms with Gasteiger partial charge in [-0.2, -0.15) is 5.26 Å². The third-order valence-corrected chi connectivity index (χ3v) is 4.54. The van der Waals surface area contributed by atoms with Crippen LogP contribution >= 0.6 is 0 Å². The highest BCUT2D eigenvalue weighted by Crippen LogP contribution is 2.28. The fourth-order valence-electron chi connectivity index (χ4n) is 2.73. The number of carboxylic acids is 1. The average Bonchev–Trinajstić information content (AvgIpc) is 3.47. The van der Waals surface area contributed by atoms with Crippen molar-refractivity contribution < 1.29 is 19.1 Å². The zero-order chi connectivity index (χ0) is 22.0. The first-order chi connectivity index (χ1) is 14.9. The molecular weight excluding hydrogens is 401 g/mol. The van der Waals surface area contributed by atoms with Crippen LogP contribution in [0, 0.1) is 34.9 Å². The van der Waals surface area contributed by atoms with Crippen molar-refractivity contribution in [1.29, 1.82) is 5.26 Å². The van der Waals surface area contributed by atoms with Gasteiger partial charge in [-0.05, 0) is 43.2 Å². The van der Waals surface area contributed by atoms with Gasteiger partial charge in [-0.25, -0.2) is 9.18 Å². The van der Waals surface area contributed by atoms with E-state index in [-0.39, 0.29) is 22.9 Å². The molecular formula is C22H14FN5O3. The predicted octanol–water partition coefficient (Wildman–Crippen LogP) is 2.99. The Morgan fingerprint density at radius 2 is 2.03 bits per heavy atom. The third kappa shape index (κ3) is 4.41. The number of carbonyl (C=O) groups is 2. The summed E-state index contributed by atoms with van der Waals surface area (Å²) < 4.78 is 15.8. The quantitative estimate of drug-likeness (QED) is 0.632. The summed E-state index contributed by atoms with van der Waals surface area (Å²) in [4.78, 5) is 24.1. The largest absolute Gasteiger partial charge is 0.478 e. The summed E-state index contributed by atoms with van der Waals surface area (Å²) in [7, 11) is 0. The van der Waals surface area contributed by atoms with Gasteiger partial charge in [0.25, 0.3) is 5.91 Å². The standard InChI is InChI=1S/C22H14FN5O3/c23-17-10-16(22(30)31)19(9-15(17)4-3-13-1-2-13)25-21(29)18-5-6-20(27-26-18)28-8-7-14(11-24)12-28/h5-10,12-13H,1-2H2,(H,25,29)(H,30,31). The van der Waals surface area contributed by atoms with Crippen molar-refractivity contribution in [3.63, 3.8) is 0 Å². The molecule has 0 spiro atoms. The molecule has 1 amide bonds. The highest BCUT2D eigenvalue weighted by Gasteiger charge is 2.20. The normalized spacial score (nSPS) is 12.4. The lowest BCUT2D eigenvalue weighted by Gasteiger charge is -2.10. The van der Waals surface area contributed by atoms with Crippen molar-refractivity contribution in [2.45, 2.75) is 12.8 Å². The lowest BCUT2D eigenvalue weighted by Crippen LogP contribution is -2.17. The minimum atomic E-state index is -1.39. The molecule has 9 heteroatoms. The molecule has 8 nitrogen and oxygen atoms in total. The van der Waals surface area contributed by atoms with Gasteiger partial charge in [-0.3, -0.25) is 4.79 Å². The number of amides is 1. The first-order valence-corrected chi connectivity index (χ1v) is 9.26. The summed E-state index contributed by atoms with van der Waals surface area (Å²) >= 11 is 0. The zero-order valence-electron chi connectivity index (χ0n) is 16.0. The summed E-state index contributed by atoms with van der Waals surface area (Å²) in [5.74, 6) is 3.37. The van der Waals surface area contributed by atoms with Gasteiger partial charge in [0.05, 0.1) is 22.4 Å². The second kappa shape index (κ2) is 8.09. The fraction of sp³-hybridized carbons (Fsp3) is 0.136. The number of aromatic nitrogens is 3. The van der Waals surface area contributed by atoms with E-state index in [1.165, 1.54) is 18.2 Å². The zero-order valence-corrected chi connectivity index (χ0v) is 16.0. The molecule has 0 aliphatic heterocycles. The second-order valence-corrected chi connectivity index (χ2v) is 6.88. The Morgan fingerprint density at radius 3 is 2.65 bits per heavy atom. The molecule has 0 unspecified atom stereocenters. The van der Waals surface area contributed by atoms with Crippen molar-refractivity contribution in [3.05, 3.63) is 70.9 Å². The number of benzene rings is 1. The molecule has 152 valence electrons. The fourth-order valence-corrected chi connectivity index (χ4v) is 2.73. The van der Waals surface area contributed by atoms with Crippen LogP contribution in [0.3, 0.4) is 0 Å². The van der Waals surface area contributed by atoms with Gasteiger partial charge in [0.1, 0.15) is 11.9 Å². The van der Waals surface area contributed by atoms with E-state index < -0.39 is 23.3 Å². The lowest BCUT2D eigenvalue weighted by atomic mass is 10.1. The number of aromatic carboxylic acids is 1. The molecule has 3 aromatic rings. The topological polar surface area (TPSA) is 121 Å². The molecule has 1 aliphatic rings. The summed E-state index contributed by atoms with van der Waals surface area (Å²) in [6.07, 6.45) is 5.11. The van der Waals surface area contributed by atoms with Crippen LogP contribution in [0.25, 0.3) is 5.82 Å². The Labute approximate surface area is 176 Å². The van der Waals surface area contributed by atoms with Gasteiger partial charge in [-0.1, -0.05) is 11.8 Å². The Kier molecular flexibility index (Phi) is 5.17. The number of hydrogen-bond donors (Lipinski definition) is 2. The number of rotatable bonds is 4. The number of hydrogen-bond acceptors (Lipinski definition) is 5. The van der Waals surface area contributed by atoms with Gasteiger partial charge < -0.3 is 15.0 Å². The molecule has 1 saturated carbocycles. The first kappa shape index (κ1) is 19.8. The Bertz CT molecular complexity index is 1290. The Morgan fingerprint density at radius 1 is 1.23 bits per heavy atom. The maximum Gasteiger partial charge on any atom is 0.337 e. The van der Waals surface area contributed by atoms with Crippen LogP contribution in [-0.4, -0.2) is 31.7 Å². The summed E-state index contributed by atoms with van der Waals surface area (Å²) in [5, 5.41) is 28.5. The van der Waals surface area contributed by atoms with Crippen LogP contribution in [0.1, 0.15) is 44.8 Å². The van der Waals surface area contributed by atoms with Crippen LogP contribution in [0.4, 0.5) is 10.1 Å². The number of carbonyl (C=O) groups excluding carboxylic acids is 1. The highest BCUT2D eigenvalue weighted by atomic mass is 19.1. The average molecular weight is 415 g/mol. The number of nitriles is 1. The maximum absolute atomic E-state index is 14.2. The van der Waals surface area contributed by atoms with Gasteiger partial charge in [-0.15, -0.1) is 10.2 Å². The van der Waals surface area contributed by atoms with Crippen molar-refractivity contribution in [3.8, 4) is 23.7 Å². The minimum Gasteiger partial charge on any atom is -0.478 e. The molecule has 1 fully saturated rings. The van der Waals surface area contributed by atoms with Crippen molar-refractivity contribution in [2.75, 3.05) is 5.32 Å². The smallest absolute Gasteiger partial charge is 0.337 e. The molecule has 0 saturated heterocycles. The number of nitrogens with zero attached hydrogens (tertiary/aromatic N) is 4.